The van der Waals surface area contributed by atoms with E-state index in [9.17, 15) is 17.6 Å². The second-order valence-electron chi connectivity index (χ2n) is 7.25. The molecule has 0 spiro atoms. The maximum atomic E-state index is 13.9. The van der Waals surface area contributed by atoms with Crippen molar-refractivity contribution in [1.82, 2.24) is 0 Å². The highest BCUT2D eigenvalue weighted by atomic mass is 32.2. The van der Waals surface area contributed by atoms with E-state index in [0.717, 1.165) is 15.6 Å². The van der Waals surface area contributed by atoms with Gasteiger partial charge in [0.05, 0.1) is 21.1 Å². The van der Waals surface area contributed by atoms with Crippen LogP contribution in [0.1, 0.15) is 22.2 Å². The molecule has 0 aliphatic heterocycles. The van der Waals surface area contributed by atoms with Crippen molar-refractivity contribution in [2.45, 2.75) is 18.7 Å². The highest BCUT2D eigenvalue weighted by molar-refractivity contribution is 7.92. The van der Waals surface area contributed by atoms with E-state index in [2.05, 4.69) is 5.32 Å². The Hall–Kier alpha value is -3.23. The Labute approximate surface area is 190 Å². The summed E-state index contributed by atoms with van der Waals surface area (Å²) in [5.74, 6) is -0.929. The van der Waals surface area contributed by atoms with Gasteiger partial charge in [-0.1, -0.05) is 29.8 Å². The summed E-state index contributed by atoms with van der Waals surface area (Å²) in [7, 11) is -3.73. The van der Waals surface area contributed by atoms with Crippen molar-refractivity contribution in [3.8, 4) is 0 Å². The number of fused-ring (bicyclic) bond motifs is 1. The predicted octanol–water partition coefficient (Wildman–Crippen LogP) is 5.82. The summed E-state index contributed by atoms with van der Waals surface area (Å²) in [6.45, 7) is 3.93. The van der Waals surface area contributed by atoms with Gasteiger partial charge >= 0.3 is 0 Å². The van der Waals surface area contributed by atoms with Gasteiger partial charge < -0.3 is 5.32 Å². The lowest BCUT2D eigenvalue weighted by molar-refractivity contribution is 0.103. The number of carbonyl (C=O) groups excluding carboxylic acids is 1. The second-order valence-corrected chi connectivity index (χ2v) is 10.2. The molecule has 0 saturated heterocycles. The van der Waals surface area contributed by atoms with Crippen LogP contribution in [-0.2, 0) is 10.0 Å². The Balaban J connectivity index is 1.65. The monoisotopic (exact) mass is 468 g/mol. The summed E-state index contributed by atoms with van der Waals surface area (Å²) in [4.78, 5) is 13.2. The van der Waals surface area contributed by atoms with Crippen LogP contribution in [-0.4, -0.2) is 20.9 Å². The molecule has 5 nitrogen and oxygen atoms in total. The fourth-order valence-corrected chi connectivity index (χ4v) is 5.78. The molecular weight excluding hydrogens is 447 g/mol. The van der Waals surface area contributed by atoms with Crippen LogP contribution in [0.25, 0.3) is 10.1 Å². The number of thiophene rings is 1. The molecule has 0 fully saturated rings. The van der Waals surface area contributed by atoms with Gasteiger partial charge in [-0.05, 0) is 67.8 Å². The highest BCUT2D eigenvalue weighted by Gasteiger charge is 2.24. The average molecular weight is 469 g/mol. The first-order chi connectivity index (χ1) is 15.3. The summed E-state index contributed by atoms with van der Waals surface area (Å²) in [6.07, 6.45) is 0. The Morgan fingerprint density at radius 1 is 1.03 bits per heavy atom. The van der Waals surface area contributed by atoms with E-state index in [0.29, 0.717) is 10.6 Å². The van der Waals surface area contributed by atoms with Crippen LogP contribution in [0.4, 0.5) is 15.8 Å². The van der Waals surface area contributed by atoms with E-state index >= 15 is 0 Å². The molecule has 1 N–H and O–H groups in total. The summed E-state index contributed by atoms with van der Waals surface area (Å²) < 4.78 is 42.4. The van der Waals surface area contributed by atoms with Gasteiger partial charge in [0.25, 0.3) is 15.9 Å². The number of aryl methyl sites for hydroxylation is 1. The first kappa shape index (κ1) is 22.0. The Morgan fingerprint density at radius 2 is 1.75 bits per heavy atom. The molecular formula is C24H21FN2O3S2. The topological polar surface area (TPSA) is 66.5 Å². The average Bonchev–Trinajstić information content (AvgIpc) is 3.20. The van der Waals surface area contributed by atoms with Gasteiger partial charge in [0, 0.05) is 11.2 Å². The summed E-state index contributed by atoms with van der Waals surface area (Å²) in [6, 6.07) is 19.7. The summed E-state index contributed by atoms with van der Waals surface area (Å²) >= 11 is 1.26. The zero-order valence-electron chi connectivity index (χ0n) is 17.5. The number of halogens is 1. The molecule has 1 amide bonds. The smallest absolute Gasteiger partial charge is 0.265 e. The van der Waals surface area contributed by atoms with Crippen LogP contribution < -0.4 is 9.62 Å². The van der Waals surface area contributed by atoms with Crippen molar-refractivity contribution in [3.05, 3.63) is 89.1 Å². The van der Waals surface area contributed by atoms with E-state index in [1.165, 1.54) is 27.8 Å². The van der Waals surface area contributed by atoms with E-state index < -0.39 is 21.7 Å². The SMILES string of the molecule is CCN(c1ccc2sc(C(=O)Nc3ccccc3F)cc2c1)S(=O)(=O)c1ccc(C)cc1. The lowest BCUT2D eigenvalue weighted by Crippen LogP contribution is -2.30. The molecule has 0 radical (unpaired) electrons. The van der Waals surface area contributed by atoms with E-state index in [4.69, 9.17) is 0 Å². The molecule has 0 atom stereocenters. The summed E-state index contributed by atoms with van der Waals surface area (Å²) in [5, 5.41) is 3.32. The molecule has 0 bridgehead atoms. The number of benzene rings is 3. The third-order valence-corrected chi connectivity index (χ3v) is 8.06. The Kier molecular flexibility index (Phi) is 5.99. The molecule has 1 heterocycles. The summed E-state index contributed by atoms with van der Waals surface area (Å²) in [5.41, 5.74) is 1.60. The Bertz CT molecular complexity index is 1400. The van der Waals surface area contributed by atoms with E-state index in [1.807, 2.05) is 6.92 Å². The Morgan fingerprint density at radius 3 is 2.44 bits per heavy atom. The molecule has 0 saturated carbocycles. The minimum atomic E-state index is -3.73. The number of nitrogens with zero attached hydrogens (tertiary/aromatic N) is 1. The quantitative estimate of drug-likeness (QED) is 0.388. The third-order valence-electron chi connectivity index (χ3n) is 5.03. The highest BCUT2D eigenvalue weighted by Crippen LogP contribution is 2.32. The molecule has 164 valence electrons. The number of rotatable bonds is 6. The molecule has 0 unspecified atom stereocenters. The van der Waals surface area contributed by atoms with Crippen LogP contribution in [0.3, 0.4) is 0 Å². The van der Waals surface area contributed by atoms with Crippen LogP contribution in [0.15, 0.2) is 77.7 Å². The second kappa shape index (κ2) is 8.72. The molecule has 0 aliphatic rings. The van der Waals surface area contributed by atoms with Crippen LogP contribution in [0, 0.1) is 12.7 Å². The first-order valence-corrected chi connectivity index (χ1v) is 12.2. The maximum absolute atomic E-state index is 13.9. The zero-order valence-corrected chi connectivity index (χ0v) is 19.1. The van der Waals surface area contributed by atoms with Crippen molar-refractivity contribution < 1.29 is 17.6 Å². The zero-order chi connectivity index (χ0) is 22.9. The molecule has 4 aromatic rings. The van der Waals surface area contributed by atoms with E-state index in [1.54, 1.807) is 67.6 Å². The minimum Gasteiger partial charge on any atom is -0.319 e. The number of sulfonamides is 1. The predicted molar refractivity (Wildman–Crippen MR) is 128 cm³/mol. The number of hydrogen-bond acceptors (Lipinski definition) is 4. The lowest BCUT2D eigenvalue weighted by atomic mass is 10.2. The molecule has 8 heteroatoms. The van der Waals surface area contributed by atoms with Gasteiger partial charge in [-0.15, -0.1) is 11.3 Å². The van der Waals surface area contributed by atoms with Crippen molar-refractivity contribution in [2.75, 3.05) is 16.2 Å². The molecule has 32 heavy (non-hydrogen) atoms. The van der Waals surface area contributed by atoms with Crippen molar-refractivity contribution in [2.24, 2.45) is 0 Å². The number of nitrogens with one attached hydrogen (secondary N) is 1. The van der Waals surface area contributed by atoms with Crippen LogP contribution >= 0.6 is 11.3 Å². The lowest BCUT2D eigenvalue weighted by Gasteiger charge is -2.23. The largest absolute Gasteiger partial charge is 0.319 e. The fourth-order valence-electron chi connectivity index (χ4n) is 3.37. The number of carbonyl (C=O) groups is 1. The minimum absolute atomic E-state index is 0.108. The van der Waals surface area contributed by atoms with Gasteiger partial charge in [0.15, 0.2) is 0 Å². The fraction of sp³-hybridized carbons (Fsp3) is 0.125. The standard InChI is InChI=1S/C24H21FN2O3S2/c1-3-27(32(29,30)19-11-8-16(2)9-12-19)18-10-13-22-17(14-18)15-23(31-22)24(28)26-21-7-5-4-6-20(21)25/h4-15H,3H2,1-2H3,(H,26,28). The van der Waals surface area contributed by atoms with Crippen LogP contribution in [0.5, 0.6) is 0 Å². The van der Waals surface area contributed by atoms with Crippen molar-refractivity contribution in [3.63, 3.8) is 0 Å². The molecule has 1 aromatic heterocycles. The third kappa shape index (κ3) is 4.24. The maximum Gasteiger partial charge on any atom is 0.265 e. The number of para-hydroxylation sites is 1. The van der Waals surface area contributed by atoms with Gasteiger partial charge in [-0.2, -0.15) is 0 Å². The van der Waals surface area contributed by atoms with Crippen molar-refractivity contribution in [1.29, 1.82) is 0 Å². The van der Waals surface area contributed by atoms with Crippen molar-refractivity contribution >= 4 is 48.7 Å². The number of anilines is 2. The van der Waals surface area contributed by atoms with Crippen LogP contribution in [0.2, 0.25) is 0 Å². The van der Waals surface area contributed by atoms with Gasteiger partial charge in [-0.25, -0.2) is 12.8 Å². The number of amides is 1. The van der Waals surface area contributed by atoms with Gasteiger partial charge in [-0.3, -0.25) is 9.10 Å². The number of hydrogen-bond donors (Lipinski definition) is 1. The first-order valence-electron chi connectivity index (χ1n) is 9.98. The molecule has 3 aromatic carbocycles. The normalized spacial score (nSPS) is 11.5. The molecule has 0 aliphatic carbocycles. The van der Waals surface area contributed by atoms with Gasteiger partial charge in [0.1, 0.15) is 5.82 Å². The van der Waals surface area contributed by atoms with Gasteiger partial charge in [0.2, 0.25) is 0 Å². The van der Waals surface area contributed by atoms with E-state index in [-0.39, 0.29) is 17.1 Å². The molecule has 4 rings (SSSR count).